The molecule has 2 aromatic heterocycles. The number of pyridine rings is 1. The molecule has 29 heavy (non-hydrogen) atoms. The van der Waals surface area contributed by atoms with Gasteiger partial charge < -0.3 is 15.2 Å². The van der Waals surface area contributed by atoms with Gasteiger partial charge in [0.1, 0.15) is 11.3 Å². The maximum absolute atomic E-state index is 9.72. The lowest BCUT2D eigenvalue weighted by atomic mass is 9.95. The second-order valence-corrected chi connectivity index (χ2v) is 7.50. The maximum atomic E-state index is 9.72. The molecule has 1 aliphatic rings. The zero-order chi connectivity index (χ0) is 19.6. The van der Waals surface area contributed by atoms with Crippen LogP contribution < -0.4 is 10.1 Å². The third-order valence-corrected chi connectivity index (χ3v) is 5.41. The van der Waals surface area contributed by atoms with Crippen LogP contribution >= 0.6 is 0 Å². The van der Waals surface area contributed by atoms with Gasteiger partial charge in [0.15, 0.2) is 0 Å². The van der Waals surface area contributed by atoms with Crippen molar-refractivity contribution in [2.24, 2.45) is 0 Å². The minimum absolute atomic E-state index is 0.115. The van der Waals surface area contributed by atoms with E-state index in [9.17, 15) is 5.11 Å². The Morgan fingerprint density at radius 1 is 0.931 bits per heavy atom. The van der Waals surface area contributed by atoms with Crippen LogP contribution in [0.5, 0.6) is 5.75 Å². The third kappa shape index (κ3) is 3.84. The van der Waals surface area contributed by atoms with Gasteiger partial charge >= 0.3 is 0 Å². The van der Waals surface area contributed by atoms with E-state index in [0.29, 0.717) is 5.95 Å². The van der Waals surface area contributed by atoms with E-state index in [4.69, 9.17) is 9.72 Å². The van der Waals surface area contributed by atoms with Crippen molar-refractivity contribution in [2.45, 2.75) is 37.9 Å². The average molecular weight is 386 g/mol. The summed E-state index contributed by atoms with van der Waals surface area (Å²) in [5.41, 5.74) is 1.71. The van der Waals surface area contributed by atoms with Crippen molar-refractivity contribution >= 4 is 33.3 Å². The Morgan fingerprint density at radius 3 is 2.72 bits per heavy atom. The highest BCUT2D eigenvalue weighted by Crippen LogP contribution is 2.29. The van der Waals surface area contributed by atoms with Crippen LogP contribution in [-0.4, -0.2) is 32.3 Å². The van der Waals surface area contributed by atoms with Gasteiger partial charge in [-0.3, -0.25) is 4.98 Å². The molecule has 0 bridgehead atoms. The summed E-state index contributed by atoms with van der Waals surface area (Å²) in [4.78, 5) is 13.3. The topological polar surface area (TPSA) is 80.2 Å². The lowest BCUT2D eigenvalue weighted by molar-refractivity contribution is 0.0672. The van der Waals surface area contributed by atoms with E-state index in [-0.39, 0.29) is 12.2 Å². The first-order valence-corrected chi connectivity index (χ1v) is 9.96. The van der Waals surface area contributed by atoms with Crippen molar-refractivity contribution in [1.29, 1.82) is 0 Å². The second-order valence-electron chi connectivity index (χ2n) is 7.50. The summed E-state index contributed by atoms with van der Waals surface area (Å²) in [6.45, 7) is 0. The number of nitrogens with one attached hydrogen (secondary N) is 1. The Bertz CT molecular complexity index is 1160. The standard InChI is InChI=1S/C23H22N4O2/c28-19-6-8-20(9-7-19)29-21-3-1-2-17-14-25-23(27-22(17)21)26-18-5-4-16-13-24-11-10-15(16)12-18/h1-5,10-14,19-20,28H,6-9H2,(H,25,26,27)/t19-,20+. The van der Waals surface area contributed by atoms with Crippen molar-refractivity contribution in [3.63, 3.8) is 0 Å². The van der Waals surface area contributed by atoms with Gasteiger partial charge in [0, 0.05) is 35.1 Å². The van der Waals surface area contributed by atoms with Gasteiger partial charge in [-0.15, -0.1) is 0 Å². The number of ether oxygens (including phenoxy) is 1. The summed E-state index contributed by atoms with van der Waals surface area (Å²) < 4.78 is 6.24. The van der Waals surface area contributed by atoms with Crippen molar-refractivity contribution in [2.75, 3.05) is 5.32 Å². The summed E-state index contributed by atoms with van der Waals surface area (Å²) in [6.07, 6.45) is 8.66. The number of aliphatic hydroxyl groups excluding tert-OH is 1. The number of hydrogen-bond acceptors (Lipinski definition) is 6. The molecule has 0 saturated heterocycles. The lowest BCUT2D eigenvalue weighted by Crippen LogP contribution is -2.26. The first-order valence-electron chi connectivity index (χ1n) is 9.96. The van der Waals surface area contributed by atoms with Crippen molar-refractivity contribution in [3.05, 3.63) is 61.1 Å². The molecule has 146 valence electrons. The highest BCUT2D eigenvalue weighted by Gasteiger charge is 2.21. The Morgan fingerprint density at radius 2 is 1.83 bits per heavy atom. The van der Waals surface area contributed by atoms with E-state index in [1.54, 1.807) is 6.20 Å². The van der Waals surface area contributed by atoms with Crippen molar-refractivity contribution in [1.82, 2.24) is 15.0 Å². The van der Waals surface area contributed by atoms with Gasteiger partial charge in [-0.2, -0.15) is 0 Å². The molecular formula is C23H22N4O2. The maximum Gasteiger partial charge on any atom is 0.227 e. The van der Waals surface area contributed by atoms with Crippen molar-refractivity contribution < 1.29 is 9.84 Å². The van der Waals surface area contributed by atoms with Crippen LogP contribution in [0, 0.1) is 0 Å². The molecular weight excluding hydrogens is 364 g/mol. The lowest BCUT2D eigenvalue weighted by Gasteiger charge is -2.26. The van der Waals surface area contributed by atoms with Crippen LogP contribution in [0.2, 0.25) is 0 Å². The van der Waals surface area contributed by atoms with E-state index in [2.05, 4.69) is 21.4 Å². The number of nitrogens with zero attached hydrogens (tertiary/aromatic N) is 3. The molecule has 6 nitrogen and oxygen atoms in total. The van der Waals surface area contributed by atoms with Crippen LogP contribution in [0.4, 0.5) is 11.6 Å². The molecule has 4 aromatic rings. The third-order valence-electron chi connectivity index (χ3n) is 5.41. The fourth-order valence-electron chi connectivity index (χ4n) is 3.82. The smallest absolute Gasteiger partial charge is 0.227 e. The molecule has 6 heteroatoms. The summed E-state index contributed by atoms with van der Waals surface area (Å²) in [5.74, 6) is 1.29. The Hall–Kier alpha value is -3.25. The Kier molecular flexibility index (Phi) is 4.69. The SMILES string of the molecule is O[C@H]1CC[C@@H](Oc2cccc3cnc(Nc4ccc5cnccc5c4)nc23)CC1. The number of fused-ring (bicyclic) bond motifs is 2. The number of anilines is 2. The number of aromatic nitrogens is 3. The van der Waals surface area contributed by atoms with Gasteiger partial charge in [0.05, 0.1) is 12.2 Å². The Balaban J connectivity index is 1.42. The van der Waals surface area contributed by atoms with Crippen LogP contribution in [-0.2, 0) is 0 Å². The predicted molar refractivity (Wildman–Crippen MR) is 113 cm³/mol. The van der Waals surface area contributed by atoms with Gasteiger partial charge in [-0.25, -0.2) is 9.97 Å². The largest absolute Gasteiger partial charge is 0.488 e. The fraction of sp³-hybridized carbons (Fsp3) is 0.261. The summed E-state index contributed by atoms with van der Waals surface area (Å²) >= 11 is 0. The van der Waals surface area contributed by atoms with E-state index in [1.807, 2.05) is 48.8 Å². The van der Waals surface area contributed by atoms with Gasteiger partial charge in [-0.05, 0) is 55.3 Å². The highest BCUT2D eigenvalue weighted by atomic mass is 16.5. The summed E-state index contributed by atoms with van der Waals surface area (Å²) in [6, 6.07) is 14.0. The molecule has 2 heterocycles. The monoisotopic (exact) mass is 386 g/mol. The zero-order valence-electron chi connectivity index (χ0n) is 16.0. The normalized spacial score (nSPS) is 19.3. The number of aliphatic hydroxyl groups is 1. The summed E-state index contributed by atoms with van der Waals surface area (Å²) in [5, 5.41) is 16.1. The molecule has 1 fully saturated rings. The van der Waals surface area contributed by atoms with Crippen LogP contribution in [0.3, 0.4) is 0 Å². The van der Waals surface area contributed by atoms with Crippen molar-refractivity contribution in [3.8, 4) is 5.75 Å². The first kappa shape index (κ1) is 17.8. The minimum atomic E-state index is -0.196. The van der Waals surface area contributed by atoms with E-state index in [1.165, 1.54) is 0 Å². The molecule has 1 saturated carbocycles. The molecule has 2 N–H and O–H groups in total. The Labute approximate surface area is 168 Å². The number of para-hydroxylation sites is 1. The van der Waals surface area contributed by atoms with E-state index >= 15 is 0 Å². The highest BCUT2D eigenvalue weighted by molar-refractivity contribution is 5.87. The summed E-state index contributed by atoms with van der Waals surface area (Å²) in [7, 11) is 0. The van der Waals surface area contributed by atoms with Gasteiger partial charge in [-0.1, -0.05) is 18.2 Å². The number of hydrogen-bond donors (Lipinski definition) is 2. The van der Waals surface area contributed by atoms with Crippen LogP contribution in [0.1, 0.15) is 25.7 Å². The molecule has 0 aliphatic heterocycles. The van der Waals surface area contributed by atoms with Gasteiger partial charge in [0.2, 0.25) is 5.95 Å². The quantitative estimate of drug-likeness (QED) is 0.533. The fourth-order valence-corrected chi connectivity index (χ4v) is 3.82. The predicted octanol–water partition coefficient (Wildman–Crippen LogP) is 4.60. The number of benzene rings is 2. The average Bonchev–Trinajstić information content (AvgIpc) is 2.76. The van der Waals surface area contributed by atoms with E-state index in [0.717, 1.165) is 58.8 Å². The molecule has 0 radical (unpaired) electrons. The molecule has 0 spiro atoms. The van der Waals surface area contributed by atoms with E-state index < -0.39 is 0 Å². The molecule has 0 amide bonds. The van der Waals surface area contributed by atoms with Crippen LogP contribution in [0.15, 0.2) is 61.1 Å². The second kappa shape index (κ2) is 7.64. The molecule has 0 unspecified atom stereocenters. The molecule has 5 rings (SSSR count). The van der Waals surface area contributed by atoms with Crippen LogP contribution in [0.25, 0.3) is 21.7 Å². The molecule has 1 aliphatic carbocycles. The molecule has 2 aromatic carbocycles. The first-order chi connectivity index (χ1) is 14.2. The number of rotatable bonds is 4. The molecule has 0 atom stereocenters. The van der Waals surface area contributed by atoms with Gasteiger partial charge in [0.25, 0.3) is 0 Å². The zero-order valence-corrected chi connectivity index (χ0v) is 16.0. The minimum Gasteiger partial charge on any atom is -0.488 e.